The first-order chi connectivity index (χ1) is 11.4. The van der Waals surface area contributed by atoms with Crippen LogP contribution in [-0.2, 0) is 4.79 Å². The van der Waals surface area contributed by atoms with E-state index >= 15 is 0 Å². The lowest BCUT2D eigenvalue weighted by Crippen LogP contribution is -2.58. The van der Waals surface area contributed by atoms with Crippen LogP contribution in [0.25, 0.3) is 0 Å². The van der Waals surface area contributed by atoms with E-state index in [0.717, 1.165) is 13.1 Å². The average molecular weight is 340 g/mol. The molecule has 0 bridgehead atoms. The zero-order valence-electron chi connectivity index (χ0n) is 17.0. The molecular formula is C21H43N2O+. The number of nitrogens with zero attached hydrogens (tertiary/aromatic N) is 1. The summed E-state index contributed by atoms with van der Waals surface area (Å²) in [6.45, 7) is 12.1. The highest BCUT2D eigenvalue weighted by Crippen LogP contribution is 2.12. The first kappa shape index (κ1) is 23.2. The molecule has 3 nitrogen and oxygen atoms in total. The Kier molecular flexibility index (Phi) is 14.0. The van der Waals surface area contributed by atoms with E-state index in [0.29, 0.717) is 10.2 Å². The second-order valence-corrected chi connectivity index (χ2v) is 7.60. The van der Waals surface area contributed by atoms with Gasteiger partial charge in [-0.15, -0.1) is 0 Å². The molecule has 24 heavy (non-hydrogen) atoms. The lowest BCUT2D eigenvalue weighted by molar-refractivity contribution is -0.943. The van der Waals surface area contributed by atoms with Crippen LogP contribution in [0.15, 0.2) is 12.2 Å². The minimum Gasteiger partial charge on any atom is -0.265 e. The van der Waals surface area contributed by atoms with Crippen LogP contribution in [0.5, 0.6) is 0 Å². The van der Waals surface area contributed by atoms with Gasteiger partial charge in [0, 0.05) is 5.57 Å². The smallest absolute Gasteiger partial charge is 0.265 e. The van der Waals surface area contributed by atoms with Crippen LogP contribution in [0.4, 0.5) is 0 Å². The number of nitrogens with one attached hydrogen (secondary N) is 1. The molecule has 0 aromatic rings. The normalized spacial score (nSPS) is 11.5. The second kappa shape index (κ2) is 14.5. The molecule has 0 aliphatic carbocycles. The molecule has 0 fully saturated rings. The van der Waals surface area contributed by atoms with Crippen LogP contribution < -0.4 is 5.43 Å². The van der Waals surface area contributed by atoms with Crippen molar-refractivity contribution >= 4 is 5.91 Å². The lowest BCUT2D eigenvalue weighted by Gasteiger charge is -2.34. The van der Waals surface area contributed by atoms with Crippen LogP contribution >= 0.6 is 0 Å². The first-order valence-corrected chi connectivity index (χ1v) is 10.3. The molecule has 0 aromatic heterocycles. The molecule has 1 amide bonds. The van der Waals surface area contributed by atoms with Crippen molar-refractivity contribution in [2.45, 2.75) is 97.8 Å². The van der Waals surface area contributed by atoms with Gasteiger partial charge in [-0.25, -0.2) is 4.59 Å². The Bertz CT molecular complexity index is 323. The predicted molar refractivity (Wildman–Crippen MR) is 106 cm³/mol. The van der Waals surface area contributed by atoms with E-state index in [1.807, 2.05) is 0 Å². The molecule has 142 valence electrons. The molecule has 1 N–H and O–H groups in total. The summed E-state index contributed by atoms with van der Waals surface area (Å²) in [5.74, 6) is -0.00512. The topological polar surface area (TPSA) is 29.1 Å². The molecule has 0 aliphatic rings. The highest BCUT2D eigenvalue weighted by Gasteiger charge is 2.24. The third-order valence-electron chi connectivity index (χ3n) is 4.77. The van der Waals surface area contributed by atoms with Crippen molar-refractivity contribution in [1.29, 1.82) is 0 Å². The second-order valence-electron chi connectivity index (χ2n) is 7.60. The summed E-state index contributed by atoms with van der Waals surface area (Å²) < 4.78 is 0.660. The molecule has 0 saturated heterocycles. The summed E-state index contributed by atoms with van der Waals surface area (Å²) in [6, 6.07) is 0. The van der Waals surface area contributed by atoms with Gasteiger partial charge in [-0.3, -0.25) is 4.79 Å². The molecule has 0 saturated carbocycles. The molecule has 0 radical (unpaired) electrons. The van der Waals surface area contributed by atoms with E-state index in [1.54, 1.807) is 6.92 Å². The molecule has 0 heterocycles. The van der Waals surface area contributed by atoms with Crippen LogP contribution in [0, 0.1) is 0 Å². The molecule has 0 aliphatic heterocycles. The molecule has 0 aromatic carbocycles. The third kappa shape index (κ3) is 12.6. The maximum atomic E-state index is 12.1. The van der Waals surface area contributed by atoms with E-state index in [9.17, 15) is 4.79 Å². The summed E-state index contributed by atoms with van der Waals surface area (Å²) >= 11 is 0. The summed E-state index contributed by atoms with van der Waals surface area (Å²) in [7, 11) is 2.17. The highest BCUT2D eigenvalue weighted by atomic mass is 16.2. The quantitative estimate of drug-likeness (QED) is 0.165. The minimum atomic E-state index is -0.00512. The Hall–Kier alpha value is -0.830. The monoisotopic (exact) mass is 339 g/mol. The van der Waals surface area contributed by atoms with E-state index in [1.165, 1.54) is 77.0 Å². The zero-order chi connectivity index (χ0) is 18.3. The van der Waals surface area contributed by atoms with Gasteiger partial charge < -0.3 is 0 Å². The Morgan fingerprint density at radius 2 is 1.17 bits per heavy atom. The number of carbonyl (C=O) groups is 1. The lowest BCUT2D eigenvalue weighted by atomic mass is 10.1. The van der Waals surface area contributed by atoms with Crippen molar-refractivity contribution in [3.05, 3.63) is 12.2 Å². The molecule has 0 spiro atoms. The number of hydrogen-bond acceptors (Lipinski definition) is 1. The number of hydrogen-bond donors (Lipinski definition) is 1. The van der Waals surface area contributed by atoms with Gasteiger partial charge in [0.25, 0.3) is 5.91 Å². The zero-order valence-corrected chi connectivity index (χ0v) is 17.0. The van der Waals surface area contributed by atoms with Crippen LogP contribution in [0.2, 0.25) is 0 Å². The minimum absolute atomic E-state index is 0.00512. The van der Waals surface area contributed by atoms with Gasteiger partial charge in [-0.05, 0) is 32.6 Å². The van der Waals surface area contributed by atoms with E-state index in [-0.39, 0.29) is 5.91 Å². The molecule has 0 rings (SSSR count). The largest absolute Gasteiger partial charge is 0.290 e. The number of carbonyl (C=O) groups excluding carboxylic acids is 1. The fourth-order valence-corrected chi connectivity index (χ4v) is 3.05. The number of unbranched alkanes of at least 4 members (excludes halogenated alkanes) is 10. The predicted octanol–water partition coefficient (Wildman–Crippen LogP) is 5.76. The number of quaternary nitrogens is 1. The highest BCUT2D eigenvalue weighted by molar-refractivity contribution is 5.91. The Labute approximate surface area is 151 Å². The average Bonchev–Trinajstić information content (AvgIpc) is 2.54. The number of amides is 1. The van der Waals surface area contributed by atoms with E-state index in [2.05, 4.69) is 32.9 Å². The van der Waals surface area contributed by atoms with Gasteiger partial charge >= 0.3 is 0 Å². The summed E-state index contributed by atoms with van der Waals surface area (Å²) in [5, 5.41) is 0. The number of rotatable bonds is 16. The molecule has 3 heteroatoms. The van der Waals surface area contributed by atoms with E-state index in [4.69, 9.17) is 0 Å². The van der Waals surface area contributed by atoms with Crippen LogP contribution in [0.3, 0.4) is 0 Å². The maximum absolute atomic E-state index is 12.1. The summed E-state index contributed by atoms with van der Waals surface area (Å²) in [6.07, 6.45) is 15.5. The van der Waals surface area contributed by atoms with Crippen molar-refractivity contribution in [3.8, 4) is 0 Å². The summed E-state index contributed by atoms with van der Waals surface area (Å²) in [5.41, 5.74) is 3.80. The van der Waals surface area contributed by atoms with Gasteiger partial charge in [0.15, 0.2) is 0 Å². The molecular weight excluding hydrogens is 296 g/mol. The van der Waals surface area contributed by atoms with Crippen molar-refractivity contribution < 1.29 is 9.39 Å². The van der Waals surface area contributed by atoms with Crippen molar-refractivity contribution in [3.63, 3.8) is 0 Å². The van der Waals surface area contributed by atoms with Crippen molar-refractivity contribution in [2.24, 2.45) is 0 Å². The van der Waals surface area contributed by atoms with Gasteiger partial charge in [-0.2, -0.15) is 5.43 Å². The van der Waals surface area contributed by atoms with Crippen LogP contribution in [-0.4, -0.2) is 30.6 Å². The van der Waals surface area contributed by atoms with Gasteiger partial charge in [0.05, 0.1) is 7.05 Å². The Balaban J connectivity index is 4.22. The first-order valence-electron chi connectivity index (χ1n) is 10.3. The third-order valence-corrected chi connectivity index (χ3v) is 4.77. The standard InChI is InChI=1S/C21H42N2O/c1-6-8-10-12-14-16-18-23(5,22-21(24)20(3)4)19-17-15-13-11-9-7-2/h3,6-19H2,1-2,4-5H3/p+1. The summed E-state index contributed by atoms with van der Waals surface area (Å²) in [4.78, 5) is 12.1. The van der Waals surface area contributed by atoms with Gasteiger partial charge in [0.1, 0.15) is 13.1 Å². The van der Waals surface area contributed by atoms with E-state index < -0.39 is 0 Å². The Morgan fingerprint density at radius 3 is 1.54 bits per heavy atom. The molecule has 0 atom stereocenters. The van der Waals surface area contributed by atoms with Crippen molar-refractivity contribution in [2.75, 3.05) is 20.1 Å². The van der Waals surface area contributed by atoms with Crippen LogP contribution in [0.1, 0.15) is 97.8 Å². The fraction of sp³-hybridized carbons (Fsp3) is 0.857. The fourth-order valence-electron chi connectivity index (χ4n) is 3.05. The van der Waals surface area contributed by atoms with Crippen molar-refractivity contribution in [1.82, 2.24) is 5.43 Å². The maximum Gasteiger partial charge on any atom is 0.290 e. The Morgan fingerprint density at radius 1 is 0.792 bits per heavy atom. The SMILES string of the molecule is C=C(C)C(=O)N[N+](C)(CCCCCCCC)CCCCCCCC. The molecule has 0 unspecified atom stereocenters. The van der Waals surface area contributed by atoms with Gasteiger partial charge in [-0.1, -0.05) is 71.8 Å². The van der Waals surface area contributed by atoms with Gasteiger partial charge in [0.2, 0.25) is 0 Å².